The third-order valence-electron chi connectivity index (χ3n) is 6.13. The van der Waals surface area contributed by atoms with Gasteiger partial charge in [0.2, 0.25) is 11.8 Å². The van der Waals surface area contributed by atoms with Gasteiger partial charge in [-0.2, -0.15) is 0 Å². The Morgan fingerprint density at radius 3 is 1.86 bits per heavy atom. The number of aromatic carboxylic acids is 1. The molecule has 2 amide bonds. The lowest BCUT2D eigenvalue weighted by Crippen LogP contribution is -2.27. The van der Waals surface area contributed by atoms with Crippen LogP contribution in [-0.2, 0) is 14.4 Å². The molecule has 1 aromatic carbocycles. The molecule has 1 aromatic rings. The average Bonchev–Trinajstić information content (AvgIpc) is 2.87. The molecule has 0 aliphatic rings. The van der Waals surface area contributed by atoms with Gasteiger partial charge in [-0.05, 0) is 56.4 Å². The molecule has 0 aliphatic heterocycles. The SMILES string of the molecule is C[C@@H](CCCCNC(=O)CCCNC(=O)CCCCCCCCCOc1ccc(C(=O)O)cc1)C(=O)O. The summed E-state index contributed by atoms with van der Waals surface area (Å²) >= 11 is 0. The molecule has 0 heterocycles. The zero-order chi connectivity index (χ0) is 27.3. The third-order valence-corrected chi connectivity index (χ3v) is 6.13. The zero-order valence-corrected chi connectivity index (χ0v) is 22.1. The van der Waals surface area contributed by atoms with Crippen molar-refractivity contribution in [1.29, 1.82) is 0 Å². The normalized spacial score (nSPS) is 11.5. The number of ether oxygens (including phenoxy) is 1. The van der Waals surface area contributed by atoms with E-state index in [-0.39, 0.29) is 23.3 Å². The molecule has 208 valence electrons. The van der Waals surface area contributed by atoms with Gasteiger partial charge < -0.3 is 25.6 Å². The highest BCUT2D eigenvalue weighted by Crippen LogP contribution is 2.14. The first-order chi connectivity index (χ1) is 17.8. The van der Waals surface area contributed by atoms with Crippen LogP contribution in [-0.4, -0.2) is 53.7 Å². The van der Waals surface area contributed by atoms with E-state index in [2.05, 4.69) is 10.6 Å². The van der Waals surface area contributed by atoms with Crippen molar-refractivity contribution in [3.63, 3.8) is 0 Å². The molecule has 4 N–H and O–H groups in total. The maximum Gasteiger partial charge on any atom is 0.335 e. The molecular formula is C28H44N2O7. The summed E-state index contributed by atoms with van der Waals surface area (Å²) in [5, 5.41) is 23.4. The topological polar surface area (TPSA) is 142 Å². The van der Waals surface area contributed by atoms with E-state index in [4.69, 9.17) is 14.9 Å². The van der Waals surface area contributed by atoms with Gasteiger partial charge in [-0.15, -0.1) is 0 Å². The summed E-state index contributed by atoms with van der Waals surface area (Å²) < 4.78 is 5.63. The van der Waals surface area contributed by atoms with E-state index in [9.17, 15) is 19.2 Å². The Balaban J connectivity index is 1.87. The van der Waals surface area contributed by atoms with Crippen LogP contribution in [0, 0.1) is 5.92 Å². The molecule has 0 saturated carbocycles. The molecule has 9 heteroatoms. The lowest BCUT2D eigenvalue weighted by atomic mass is 10.0. The highest BCUT2D eigenvalue weighted by Gasteiger charge is 2.10. The average molecular weight is 521 g/mol. The Bertz CT molecular complexity index is 811. The van der Waals surface area contributed by atoms with Crippen LogP contribution in [0.25, 0.3) is 0 Å². The first kappa shape index (κ1) is 31.9. The van der Waals surface area contributed by atoms with Crippen LogP contribution in [0.1, 0.15) is 101 Å². The number of carboxylic acid groups (broad SMARTS) is 2. The minimum absolute atomic E-state index is 0.0292. The fraction of sp³-hybridized carbons (Fsp3) is 0.643. The fourth-order valence-electron chi connectivity index (χ4n) is 3.74. The predicted octanol–water partition coefficient (Wildman–Crippen LogP) is 4.79. The Hall–Kier alpha value is -3.10. The lowest BCUT2D eigenvalue weighted by molar-refractivity contribution is -0.141. The number of hydrogen-bond acceptors (Lipinski definition) is 5. The van der Waals surface area contributed by atoms with Gasteiger partial charge in [-0.25, -0.2) is 4.79 Å². The van der Waals surface area contributed by atoms with Gasteiger partial charge in [0.25, 0.3) is 0 Å². The van der Waals surface area contributed by atoms with Crippen LogP contribution in [0.5, 0.6) is 5.75 Å². The smallest absolute Gasteiger partial charge is 0.335 e. The second-order valence-corrected chi connectivity index (χ2v) is 9.44. The molecule has 0 unspecified atom stereocenters. The minimum Gasteiger partial charge on any atom is -0.494 e. The molecule has 1 atom stereocenters. The van der Waals surface area contributed by atoms with E-state index in [1.807, 2.05) is 0 Å². The molecule has 9 nitrogen and oxygen atoms in total. The Morgan fingerprint density at radius 1 is 0.730 bits per heavy atom. The molecule has 0 radical (unpaired) electrons. The second-order valence-electron chi connectivity index (χ2n) is 9.44. The molecule has 0 fully saturated rings. The number of carboxylic acids is 2. The molecule has 0 saturated heterocycles. The number of amides is 2. The highest BCUT2D eigenvalue weighted by atomic mass is 16.5. The van der Waals surface area contributed by atoms with Crippen molar-refractivity contribution in [1.82, 2.24) is 10.6 Å². The number of benzene rings is 1. The quantitative estimate of drug-likeness (QED) is 0.161. The Morgan fingerprint density at radius 2 is 1.27 bits per heavy atom. The van der Waals surface area contributed by atoms with Gasteiger partial charge >= 0.3 is 11.9 Å². The summed E-state index contributed by atoms with van der Waals surface area (Å²) in [6.07, 6.45) is 10.9. The minimum atomic E-state index is -0.945. The van der Waals surface area contributed by atoms with E-state index in [0.29, 0.717) is 51.1 Å². The maximum absolute atomic E-state index is 11.9. The van der Waals surface area contributed by atoms with Crippen molar-refractivity contribution >= 4 is 23.8 Å². The molecule has 37 heavy (non-hydrogen) atoms. The highest BCUT2D eigenvalue weighted by molar-refractivity contribution is 5.87. The van der Waals surface area contributed by atoms with E-state index in [1.54, 1.807) is 19.1 Å². The number of unbranched alkanes of at least 4 members (excludes halogenated alkanes) is 7. The van der Waals surface area contributed by atoms with Crippen LogP contribution >= 0.6 is 0 Å². The van der Waals surface area contributed by atoms with Crippen LogP contribution in [0.15, 0.2) is 24.3 Å². The summed E-state index contributed by atoms with van der Waals surface area (Å²) in [7, 11) is 0. The summed E-state index contributed by atoms with van der Waals surface area (Å²) in [5.41, 5.74) is 0.250. The van der Waals surface area contributed by atoms with Crippen molar-refractivity contribution in [2.45, 2.75) is 90.4 Å². The maximum atomic E-state index is 11.9. The number of carbonyl (C=O) groups excluding carboxylic acids is 2. The van der Waals surface area contributed by atoms with E-state index in [1.165, 1.54) is 12.1 Å². The standard InChI is InChI=1S/C28H44N2O7/c1-22(27(33)34)12-8-9-19-29-26(32)14-11-20-30-25(31)13-7-5-3-2-4-6-10-21-37-24-17-15-23(16-18-24)28(35)36/h15-18,22H,2-14,19-21H2,1H3,(H,29,32)(H,30,31)(H,33,34)(H,35,36)/t22-/m0/s1. The number of rotatable bonds is 22. The molecule has 0 spiro atoms. The van der Waals surface area contributed by atoms with Crippen LogP contribution in [0.3, 0.4) is 0 Å². The molecular weight excluding hydrogens is 476 g/mol. The summed E-state index contributed by atoms with van der Waals surface area (Å²) in [4.78, 5) is 45.3. The predicted molar refractivity (Wildman–Crippen MR) is 142 cm³/mol. The van der Waals surface area contributed by atoms with Crippen LogP contribution in [0.2, 0.25) is 0 Å². The number of aliphatic carboxylic acids is 1. The van der Waals surface area contributed by atoms with E-state index < -0.39 is 11.9 Å². The van der Waals surface area contributed by atoms with Crippen molar-refractivity contribution in [3.8, 4) is 5.75 Å². The van der Waals surface area contributed by atoms with Crippen molar-refractivity contribution in [3.05, 3.63) is 29.8 Å². The van der Waals surface area contributed by atoms with E-state index in [0.717, 1.165) is 57.8 Å². The van der Waals surface area contributed by atoms with Gasteiger partial charge in [-0.3, -0.25) is 14.4 Å². The molecule has 0 aromatic heterocycles. The first-order valence-corrected chi connectivity index (χ1v) is 13.5. The number of carbonyl (C=O) groups is 4. The van der Waals surface area contributed by atoms with Crippen molar-refractivity contribution < 1.29 is 34.1 Å². The van der Waals surface area contributed by atoms with Gasteiger partial charge in [0.15, 0.2) is 0 Å². The van der Waals surface area contributed by atoms with Gasteiger partial charge in [-0.1, -0.05) is 45.4 Å². The van der Waals surface area contributed by atoms with Crippen LogP contribution in [0.4, 0.5) is 0 Å². The zero-order valence-electron chi connectivity index (χ0n) is 22.1. The van der Waals surface area contributed by atoms with Crippen LogP contribution < -0.4 is 15.4 Å². The van der Waals surface area contributed by atoms with Gasteiger partial charge in [0, 0.05) is 25.9 Å². The summed E-state index contributed by atoms with van der Waals surface area (Å²) in [6, 6.07) is 6.42. The molecule has 1 rings (SSSR count). The third kappa shape index (κ3) is 17.1. The van der Waals surface area contributed by atoms with E-state index >= 15 is 0 Å². The number of nitrogens with one attached hydrogen (secondary N) is 2. The molecule has 0 bridgehead atoms. The summed E-state index contributed by atoms with van der Waals surface area (Å²) in [6.45, 7) is 3.35. The second kappa shape index (κ2) is 20.0. The monoisotopic (exact) mass is 520 g/mol. The Kier molecular flexibility index (Phi) is 17.3. The molecule has 0 aliphatic carbocycles. The first-order valence-electron chi connectivity index (χ1n) is 13.5. The summed E-state index contributed by atoms with van der Waals surface area (Å²) in [5.74, 6) is -1.41. The fourth-order valence-corrected chi connectivity index (χ4v) is 3.74. The largest absolute Gasteiger partial charge is 0.494 e. The van der Waals surface area contributed by atoms with Gasteiger partial charge in [0.05, 0.1) is 18.1 Å². The van der Waals surface area contributed by atoms with Gasteiger partial charge in [0.1, 0.15) is 5.75 Å². The van der Waals surface area contributed by atoms with Crippen molar-refractivity contribution in [2.24, 2.45) is 5.92 Å². The number of hydrogen-bond donors (Lipinski definition) is 4. The lowest BCUT2D eigenvalue weighted by Gasteiger charge is -2.08. The Labute approximate surface area is 220 Å². The van der Waals surface area contributed by atoms with Crippen molar-refractivity contribution in [2.75, 3.05) is 19.7 Å².